The molecule has 3 rings (SSSR count). The van der Waals surface area contributed by atoms with Crippen molar-refractivity contribution in [1.82, 2.24) is 0 Å². The summed E-state index contributed by atoms with van der Waals surface area (Å²) in [5.74, 6) is 1.22. The highest BCUT2D eigenvalue weighted by molar-refractivity contribution is 5.89. The van der Waals surface area contributed by atoms with Crippen LogP contribution >= 0.6 is 0 Å². The smallest absolute Gasteiger partial charge is 0.337 e. The molecule has 5 heteroatoms. The number of ether oxygens (including phenoxy) is 3. The first-order chi connectivity index (χ1) is 10.3. The van der Waals surface area contributed by atoms with Gasteiger partial charge in [-0.15, -0.1) is 0 Å². The van der Waals surface area contributed by atoms with E-state index in [-0.39, 0.29) is 12.8 Å². The predicted octanol–water partition coefficient (Wildman–Crippen LogP) is 2.81. The largest absolute Gasteiger partial charge is 0.465 e. The highest BCUT2D eigenvalue weighted by Crippen LogP contribution is 2.32. The number of rotatable bonds is 4. The zero-order valence-electron chi connectivity index (χ0n) is 11.6. The Kier molecular flexibility index (Phi) is 3.64. The Labute approximate surface area is 122 Å². The third-order valence-electron chi connectivity index (χ3n) is 3.24. The zero-order valence-corrected chi connectivity index (χ0v) is 11.6. The molecule has 0 saturated carbocycles. The first-order valence-electron chi connectivity index (χ1n) is 6.57. The molecule has 2 aromatic carbocycles. The van der Waals surface area contributed by atoms with E-state index in [0.717, 1.165) is 22.7 Å². The van der Waals surface area contributed by atoms with Crippen molar-refractivity contribution < 1.29 is 19.0 Å². The molecule has 2 aromatic rings. The lowest BCUT2D eigenvalue weighted by atomic mass is 10.2. The second-order valence-electron chi connectivity index (χ2n) is 4.61. The first-order valence-corrected chi connectivity index (χ1v) is 6.57. The molecule has 0 aromatic heterocycles. The summed E-state index contributed by atoms with van der Waals surface area (Å²) >= 11 is 0. The van der Waals surface area contributed by atoms with Gasteiger partial charge in [-0.3, -0.25) is 0 Å². The summed E-state index contributed by atoms with van der Waals surface area (Å²) < 4.78 is 15.3. The van der Waals surface area contributed by atoms with Gasteiger partial charge in [0.05, 0.1) is 12.7 Å². The van der Waals surface area contributed by atoms with Gasteiger partial charge in [0, 0.05) is 12.2 Å². The number of carbonyl (C=O) groups excluding carboxylic acids is 1. The van der Waals surface area contributed by atoms with Crippen LogP contribution in [0.2, 0.25) is 0 Å². The lowest BCUT2D eigenvalue weighted by molar-refractivity contribution is 0.0601. The summed E-state index contributed by atoms with van der Waals surface area (Å²) in [5.41, 5.74) is 2.56. The van der Waals surface area contributed by atoms with Crippen molar-refractivity contribution in [3.8, 4) is 11.5 Å². The second kappa shape index (κ2) is 5.75. The maximum absolute atomic E-state index is 11.3. The minimum Gasteiger partial charge on any atom is -0.465 e. The van der Waals surface area contributed by atoms with E-state index < -0.39 is 0 Å². The van der Waals surface area contributed by atoms with Crippen LogP contribution in [0.25, 0.3) is 0 Å². The van der Waals surface area contributed by atoms with Crippen LogP contribution in [0.3, 0.4) is 0 Å². The minimum absolute atomic E-state index is 0.279. The van der Waals surface area contributed by atoms with Crippen molar-refractivity contribution in [2.75, 3.05) is 19.2 Å². The van der Waals surface area contributed by atoms with Crippen molar-refractivity contribution in [3.05, 3.63) is 53.6 Å². The highest BCUT2D eigenvalue weighted by Gasteiger charge is 2.12. The molecule has 0 radical (unpaired) electrons. The summed E-state index contributed by atoms with van der Waals surface area (Å²) in [4.78, 5) is 11.3. The van der Waals surface area contributed by atoms with Crippen LogP contribution in [0.4, 0.5) is 5.69 Å². The molecule has 0 aliphatic carbocycles. The van der Waals surface area contributed by atoms with E-state index in [1.807, 2.05) is 30.3 Å². The van der Waals surface area contributed by atoms with Crippen LogP contribution < -0.4 is 14.8 Å². The molecular formula is C16H15NO4. The van der Waals surface area contributed by atoms with Gasteiger partial charge < -0.3 is 19.5 Å². The number of hydrogen-bond donors (Lipinski definition) is 1. The Hall–Kier alpha value is -2.69. The Morgan fingerprint density at radius 1 is 1.14 bits per heavy atom. The van der Waals surface area contributed by atoms with Gasteiger partial charge in [0.1, 0.15) is 0 Å². The average Bonchev–Trinajstić information content (AvgIpc) is 3.00. The Morgan fingerprint density at radius 2 is 1.90 bits per heavy atom. The molecule has 0 unspecified atom stereocenters. The normalized spacial score (nSPS) is 12.0. The van der Waals surface area contributed by atoms with Gasteiger partial charge in [-0.05, 0) is 42.0 Å². The Bertz CT molecular complexity index is 652. The third-order valence-corrected chi connectivity index (χ3v) is 3.24. The molecule has 1 heterocycles. The number of fused-ring (bicyclic) bond motifs is 1. The van der Waals surface area contributed by atoms with Gasteiger partial charge in [0.15, 0.2) is 11.5 Å². The maximum Gasteiger partial charge on any atom is 0.337 e. The number of nitrogens with one attached hydrogen (secondary N) is 1. The van der Waals surface area contributed by atoms with Gasteiger partial charge in [-0.25, -0.2) is 4.79 Å². The van der Waals surface area contributed by atoms with Crippen molar-refractivity contribution >= 4 is 11.7 Å². The third kappa shape index (κ3) is 2.91. The number of carbonyl (C=O) groups is 1. The Balaban J connectivity index is 1.63. The molecule has 1 aliphatic rings. The molecule has 5 nitrogen and oxygen atoms in total. The molecule has 0 spiro atoms. The second-order valence-corrected chi connectivity index (χ2v) is 4.61. The summed E-state index contributed by atoms with van der Waals surface area (Å²) in [7, 11) is 1.37. The molecular weight excluding hydrogens is 270 g/mol. The average molecular weight is 285 g/mol. The molecule has 21 heavy (non-hydrogen) atoms. The molecule has 0 fully saturated rings. The van der Waals surface area contributed by atoms with Crippen LogP contribution in [0.15, 0.2) is 42.5 Å². The van der Waals surface area contributed by atoms with Gasteiger partial charge in [0.25, 0.3) is 0 Å². The van der Waals surface area contributed by atoms with Crippen LogP contribution in [0, 0.1) is 0 Å². The summed E-state index contributed by atoms with van der Waals surface area (Å²) in [5, 5.41) is 3.29. The quantitative estimate of drug-likeness (QED) is 0.875. The van der Waals surface area contributed by atoms with Gasteiger partial charge in [-0.2, -0.15) is 0 Å². The number of methoxy groups -OCH3 is 1. The minimum atomic E-state index is -0.336. The molecule has 0 bridgehead atoms. The lowest BCUT2D eigenvalue weighted by Crippen LogP contribution is -2.02. The van der Waals surface area contributed by atoms with Crippen molar-refractivity contribution in [2.45, 2.75) is 6.54 Å². The fourth-order valence-electron chi connectivity index (χ4n) is 2.10. The van der Waals surface area contributed by atoms with Crippen LogP contribution in [-0.2, 0) is 11.3 Å². The fraction of sp³-hybridized carbons (Fsp3) is 0.188. The summed E-state index contributed by atoms with van der Waals surface area (Å²) in [6.07, 6.45) is 0. The van der Waals surface area contributed by atoms with Crippen molar-refractivity contribution in [1.29, 1.82) is 0 Å². The SMILES string of the molecule is COC(=O)c1ccc(NCc2ccc3c(c2)OCO3)cc1. The van der Waals surface area contributed by atoms with Crippen LogP contribution in [0.1, 0.15) is 15.9 Å². The van der Waals surface area contributed by atoms with E-state index in [1.54, 1.807) is 12.1 Å². The topological polar surface area (TPSA) is 56.8 Å². The van der Waals surface area contributed by atoms with E-state index >= 15 is 0 Å². The number of benzene rings is 2. The molecule has 0 amide bonds. The van der Waals surface area contributed by atoms with E-state index in [1.165, 1.54) is 7.11 Å². The highest BCUT2D eigenvalue weighted by atomic mass is 16.7. The standard InChI is InChI=1S/C16H15NO4/c1-19-16(18)12-3-5-13(6-4-12)17-9-11-2-7-14-15(8-11)21-10-20-14/h2-8,17H,9-10H2,1H3. The molecule has 1 N–H and O–H groups in total. The lowest BCUT2D eigenvalue weighted by Gasteiger charge is -2.08. The zero-order chi connectivity index (χ0) is 14.7. The predicted molar refractivity (Wildman–Crippen MR) is 77.7 cm³/mol. The number of anilines is 1. The van der Waals surface area contributed by atoms with Crippen LogP contribution in [0.5, 0.6) is 11.5 Å². The summed E-state index contributed by atoms with van der Waals surface area (Å²) in [6, 6.07) is 13.0. The van der Waals surface area contributed by atoms with E-state index in [0.29, 0.717) is 12.1 Å². The molecule has 0 saturated heterocycles. The van der Waals surface area contributed by atoms with Crippen molar-refractivity contribution in [3.63, 3.8) is 0 Å². The number of esters is 1. The summed E-state index contributed by atoms with van der Waals surface area (Å²) in [6.45, 7) is 0.940. The fourth-order valence-corrected chi connectivity index (χ4v) is 2.10. The first kappa shape index (κ1) is 13.3. The molecule has 1 aliphatic heterocycles. The molecule has 0 atom stereocenters. The van der Waals surface area contributed by atoms with Gasteiger partial charge in [-0.1, -0.05) is 6.07 Å². The van der Waals surface area contributed by atoms with E-state index in [4.69, 9.17) is 9.47 Å². The molecule has 108 valence electrons. The Morgan fingerprint density at radius 3 is 2.67 bits per heavy atom. The number of hydrogen-bond acceptors (Lipinski definition) is 5. The van der Waals surface area contributed by atoms with Crippen LogP contribution in [-0.4, -0.2) is 19.9 Å². The van der Waals surface area contributed by atoms with Gasteiger partial charge >= 0.3 is 5.97 Å². The monoisotopic (exact) mass is 285 g/mol. The van der Waals surface area contributed by atoms with E-state index in [2.05, 4.69) is 10.1 Å². The maximum atomic E-state index is 11.3. The van der Waals surface area contributed by atoms with Crippen molar-refractivity contribution in [2.24, 2.45) is 0 Å². The van der Waals surface area contributed by atoms with E-state index in [9.17, 15) is 4.79 Å². The van der Waals surface area contributed by atoms with Gasteiger partial charge in [0.2, 0.25) is 6.79 Å².